The van der Waals surface area contributed by atoms with Crippen LogP contribution in [0.1, 0.15) is 2.85 Å². The van der Waals surface area contributed by atoms with Gasteiger partial charge in [-0.3, -0.25) is 0 Å². The van der Waals surface area contributed by atoms with Crippen LogP contribution in [0.2, 0.25) is 0 Å². The van der Waals surface area contributed by atoms with Crippen molar-refractivity contribution in [3.63, 3.8) is 0 Å². The molecule has 0 N–H and O–H groups in total. The summed E-state index contributed by atoms with van der Waals surface area (Å²) in [6.45, 7) is 0. The fraction of sp³-hybridized carbons (Fsp3) is 0. The van der Waals surface area contributed by atoms with Crippen molar-refractivity contribution in [3.8, 4) is 0 Å². The first-order chi connectivity index (χ1) is 0. The van der Waals surface area contributed by atoms with E-state index in [0.717, 1.165) is 0 Å². The molecule has 0 saturated carbocycles. The zero-order valence-corrected chi connectivity index (χ0v) is 10.9. The van der Waals surface area contributed by atoms with E-state index in [0.29, 0.717) is 0 Å². The largest absolute Gasteiger partial charge is 3.00 e. The van der Waals surface area contributed by atoms with Gasteiger partial charge in [0.25, 0.3) is 0 Å². The second-order valence-corrected chi connectivity index (χ2v) is 0. The third kappa shape index (κ3) is 99.0. The molecule has 2 atom stereocenters. The van der Waals surface area contributed by atoms with Crippen molar-refractivity contribution in [2.75, 3.05) is 0 Å². The average molecular weight is 186 g/mol. The van der Waals surface area contributed by atoms with Crippen LogP contribution in [0.5, 0.6) is 0 Å². The van der Waals surface area contributed by atoms with Crippen LogP contribution < -0.4 is 37.7 Å². The third-order valence-corrected chi connectivity index (χ3v) is 0. The first-order valence-electron chi connectivity index (χ1n) is 0. The van der Waals surface area contributed by atoms with Gasteiger partial charge in [0.1, 0.15) is 0 Å². The SMILES string of the molecule is P.P.[Al+3].[Al+3].[H-].[H-].[Li+].[Li+].[O-2].[O-2].[O-2]. The third-order valence-electron chi connectivity index (χ3n) is 0. The molecule has 0 rings (SSSR count). The van der Waals surface area contributed by atoms with Crippen LogP contribution in [0.25, 0.3) is 0 Å². The molecule has 2 unspecified atom stereocenters. The Morgan fingerprint density at radius 2 is 0.556 bits per heavy atom. The van der Waals surface area contributed by atoms with Crippen molar-refractivity contribution in [1.29, 1.82) is 0 Å². The fourth-order valence-electron chi connectivity index (χ4n) is 0. The Morgan fingerprint density at radius 3 is 0.556 bits per heavy atom. The number of hydrogen-bond donors (Lipinski definition) is 0. The van der Waals surface area contributed by atoms with Gasteiger partial charge in [0.15, 0.2) is 0 Å². The van der Waals surface area contributed by atoms with Gasteiger partial charge in [0.2, 0.25) is 0 Å². The number of hydrogen-bond acceptors (Lipinski definition) is 0. The summed E-state index contributed by atoms with van der Waals surface area (Å²) in [4.78, 5) is 0. The van der Waals surface area contributed by atoms with Crippen molar-refractivity contribution >= 4 is 54.5 Å². The van der Waals surface area contributed by atoms with Gasteiger partial charge >= 0.3 is 72.4 Å². The summed E-state index contributed by atoms with van der Waals surface area (Å²) in [6, 6.07) is 0. The van der Waals surface area contributed by atoms with Crippen molar-refractivity contribution in [1.82, 2.24) is 0 Å². The summed E-state index contributed by atoms with van der Waals surface area (Å²) >= 11 is 0. The Morgan fingerprint density at radius 1 is 0.556 bits per heavy atom. The van der Waals surface area contributed by atoms with Crippen LogP contribution in [0.15, 0.2) is 0 Å². The van der Waals surface area contributed by atoms with Gasteiger partial charge in [0, 0.05) is 0 Å². The van der Waals surface area contributed by atoms with Gasteiger partial charge in [-0.2, -0.15) is 19.8 Å². The van der Waals surface area contributed by atoms with E-state index in [1.54, 1.807) is 0 Å². The zero-order valence-electron chi connectivity index (χ0n) is 7.79. The molecule has 0 radical (unpaired) electrons. The Labute approximate surface area is 111 Å². The van der Waals surface area contributed by atoms with Gasteiger partial charge < -0.3 is 19.3 Å². The van der Waals surface area contributed by atoms with Crippen LogP contribution in [-0.4, -0.2) is 34.7 Å². The minimum atomic E-state index is 0. The second kappa shape index (κ2) is 122. The Kier molecular flexibility index (Phi) is 2190. The van der Waals surface area contributed by atoms with E-state index in [2.05, 4.69) is 0 Å². The molecule has 3 nitrogen and oxygen atoms in total. The maximum Gasteiger partial charge on any atom is 3.00 e. The first kappa shape index (κ1) is 161. The maximum atomic E-state index is 0. The van der Waals surface area contributed by atoms with Crippen LogP contribution in [-0.2, 0) is 16.4 Å². The monoisotopic (exact) mass is 186 g/mol. The minimum Gasteiger partial charge on any atom is -2.00 e. The zero-order chi connectivity index (χ0) is 0. The van der Waals surface area contributed by atoms with E-state index >= 15 is 0 Å². The van der Waals surface area contributed by atoms with Gasteiger partial charge in [-0.15, -0.1) is 0 Å². The molecule has 0 spiro atoms. The van der Waals surface area contributed by atoms with E-state index in [-0.39, 0.29) is 112 Å². The quantitative estimate of drug-likeness (QED) is 0.266. The normalized spacial score (nSPS) is 0. The summed E-state index contributed by atoms with van der Waals surface area (Å²) in [7, 11) is 0. The van der Waals surface area contributed by atoms with Crippen LogP contribution in [0.3, 0.4) is 0 Å². The molecule has 0 aliphatic rings. The standard InChI is InChI=1S/2Al.2Li.3O.2H3P.2H/h;;;;;;;2*1H3;;/q2*+3;2*+1;3*-2;;;2*-1. The maximum absolute atomic E-state index is 0. The summed E-state index contributed by atoms with van der Waals surface area (Å²) < 4.78 is 0. The predicted octanol–water partition coefficient (Wildman–Crippen LogP) is -6.77. The molecular formula is H8Al2Li2O3P2. The molecule has 44 valence electrons. The van der Waals surface area contributed by atoms with Crippen molar-refractivity contribution < 1.29 is 57.0 Å². The van der Waals surface area contributed by atoms with Crippen LogP contribution >= 0.6 is 19.8 Å². The first-order valence-corrected chi connectivity index (χ1v) is 0. The Bertz CT molecular complexity index is 25.3. The Balaban J connectivity index is 0. The van der Waals surface area contributed by atoms with Gasteiger partial charge in [-0.05, 0) is 0 Å². The molecule has 0 bridgehead atoms. The van der Waals surface area contributed by atoms with Crippen molar-refractivity contribution in [2.24, 2.45) is 0 Å². The summed E-state index contributed by atoms with van der Waals surface area (Å²) in [5.74, 6) is 0. The molecule has 9 heteroatoms. The van der Waals surface area contributed by atoms with Crippen LogP contribution in [0, 0.1) is 0 Å². The van der Waals surface area contributed by atoms with Crippen LogP contribution in [0.4, 0.5) is 0 Å². The molecule has 0 aliphatic carbocycles. The molecule has 0 aliphatic heterocycles. The molecule has 0 heterocycles. The molecular weight excluding hydrogens is 178 g/mol. The molecule has 0 aromatic heterocycles. The minimum absolute atomic E-state index is 0. The molecule has 0 amide bonds. The van der Waals surface area contributed by atoms with Crippen molar-refractivity contribution in [3.05, 3.63) is 0 Å². The number of rotatable bonds is 0. The van der Waals surface area contributed by atoms with Gasteiger partial charge in [-0.25, -0.2) is 0 Å². The second-order valence-electron chi connectivity index (χ2n) is 0. The van der Waals surface area contributed by atoms with E-state index in [1.165, 1.54) is 0 Å². The van der Waals surface area contributed by atoms with E-state index in [1.807, 2.05) is 0 Å². The summed E-state index contributed by atoms with van der Waals surface area (Å²) in [5, 5.41) is 0. The van der Waals surface area contributed by atoms with E-state index in [4.69, 9.17) is 0 Å². The fourth-order valence-corrected chi connectivity index (χ4v) is 0. The average Bonchev–Trinajstić information content (AvgIpc) is 0. The summed E-state index contributed by atoms with van der Waals surface area (Å²) in [5.41, 5.74) is 0. The van der Waals surface area contributed by atoms with Crippen molar-refractivity contribution in [2.45, 2.75) is 0 Å². The summed E-state index contributed by atoms with van der Waals surface area (Å²) in [6.07, 6.45) is 0. The van der Waals surface area contributed by atoms with Gasteiger partial charge in [-0.1, -0.05) is 0 Å². The smallest absolute Gasteiger partial charge is 2.00 e. The molecule has 9 heavy (non-hydrogen) atoms. The molecule has 0 fully saturated rings. The van der Waals surface area contributed by atoms with Gasteiger partial charge in [0.05, 0.1) is 0 Å². The van der Waals surface area contributed by atoms with E-state index < -0.39 is 0 Å². The topological polar surface area (TPSA) is 85.5 Å². The Hall–Kier alpha value is 3.00. The molecule has 0 aromatic rings. The molecule has 0 saturated heterocycles. The predicted molar refractivity (Wildman–Crippen MR) is 38.0 cm³/mol. The molecule has 0 aromatic carbocycles. The van der Waals surface area contributed by atoms with E-state index in [9.17, 15) is 0 Å².